The highest BCUT2D eigenvalue weighted by Gasteiger charge is 2.12. The van der Waals surface area contributed by atoms with Crippen LogP contribution in [0.25, 0.3) is 0 Å². The summed E-state index contributed by atoms with van der Waals surface area (Å²) in [5, 5.41) is 11.6. The second-order valence-corrected chi connectivity index (χ2v) is 6.34. The number of rotatable bonds is 10. The van der Waals surface area contributed by atoms with Gasteiger partial charge in [0, 0.05) is 23.0 Å². The van der Waals surface area contributed by atoms with E-state index >= 15 is 0 Å². The van der Waals surface area contributed by atoms with Crippen LogP contribution in [0.2, 0.25) is 0 Å². The van der Waals surface area contributed by atoms with Crippen molar-refractivity contribution >= 4 is 23.8 Å². The van der Waals surface area contributed by atoms with Gasteiger partial charge >= 0.3 is 0 Å². The number of hydrogen-bond donors (Lipinski definition) is 2. The van der Waals surface area contributed by atoms with E-state index in [1.165, 1.54) is 0 Å². The molecule has 0 heterocycles. The Morgan fingerprint density at radius 1 is 1.13 bits per heavy atom. The first-order valence-electron chi connectivity index (χ1n) is 9.68. The fourth-order valence-corrected chi connectivity index (χ4v) is 2.51. The van der Waals surface area contributed by atoms with E-state index in [1.54, 1.807) is 13.0 Å². The van der Waals surface area contributed by atoms with E-state index in [9.17, 15) is 0 Å². The van der Waals surface area contributed by atoms with Crippen LogP contribution in [0.1, 0.15) is 20.3 Å². The van der Waals surface area contributed by atoms with Gasteiger partial charge in [-0.1, -0.05) is 48.6 Å². The molecule has 0 amide bonds. The second-order valence-electron chi connectivity index (χ2n) is 6.34. The largest absolute Gasteiger partial charge is 0.441 e. The lowest BCUT2D eigenvalue weighted by molar-refractivity contribution is 0.428. The van der Waals surface area contributed by atoms with Gasteiger partial charge in [-0.25, -0.2) is 0 Å². The summed E-state index contributed by atoms with van der Waals surface area (Å²) in [5.74, 6) is 1.13. The molecule has 0 bridgehead atoms. The first-order chi connectivity index (χ1) is 14.6. The molecule has 2 N–H and O–H groups in total. The fourth-order valence-electron chi connectivity index (χ4n) is 2.51. The molecule has 0 aliphatic heterocycles. The Balaban J connectivity index is 2.36. The highest BCUT2D eigenvalue weighted by Crippen LogP contribution is 2.24. The zero-order chi connectivity index (χ0) is 21.6. The molecule has 0 saturated carbocycles. The van der Waals surface area contributed by atoms with Crippen LogP contribution >= 0.6 is 0 Å². The van der Waals surface area contributed by atoms with E-state index in [2.05, 4.69) is 22.8 Å². The van der Waals surface area contributed by atoms with Crippen molar-refractivity contribution in [3.8, 4) is 5.75 Å². The van der Waals surface area contributed by atoms with Gasteiger partial charge in [-0.05, 0) is 63.4 Å². The third-order valence-electron chi connectivity index (χ3n) is 4.01. The molecule has 0 fully saturated rings. The topological polar surface area (TPSA) is 57.5 Å². The van der Waals surface area contributed by atoms with Gasteiger partial charge in [0.05, 0.1) is 5.69 Å². The summed E-state index contributed by atoms with van der Waals surface area (Å²) in [6, 6.07) is 17.1. The molecule has 0 spiro atoms. The number of anilines is 1. The first-order valence-corrected chi connectivity index (χ1v) is 9.68. The molecule has 0 aliphatic rings. The summed E-state index contributed by atoms with van der Waals surface area (Å²) in [7, 11) is 0. The average Bonchev–Trinajstić information content (AvgIpc) is 2.76. The van der Waals surface area contributed by atoms with Gasteiger partial charge in [-0.2, -0.15) is 0 Å². The van der Waals surface area contributed by atoms with Crippen LogP contribution in [0.3, 0.4) is 0 Å². The predicted molar refractivity (Wildman–Crippen MR) is 128 cm³/mol. The van der Waals surface area contributed by atoms with Crippen LogP contribution in [-0.4, -0.2) is 12.4 Å². The van der Waals surface area contributed by atoms with Crippen molar-refractivity contribution in [1.82, 2.24) is 0 Å². The summed E-state index contributed by atoms with van der Waals surface area (Å²) >= 11 is 0. The minimum atomic E-state index is 0.421. The van der Waals surface area contributed by atoms with Gasteiger partial charge in [0.15, 0.2) is 0 Å². The predicted octanol–water partition coefficient (Wildman–Crippen LogP) is 6.99. The van der Waals surface area contributed by atoms with Crippen molar-refractivity contribution in [3.63, 3.8) is 0 Å². The number of allylic oxidation sites excluding steroid dienone is 6. The molecular formula is C26H27N3O. The molecular weight excluding hydrogens is 370 g/mol. The summed E-state index contributed by atoms with van der Waals surface area (Å²) in [6.45, 7) is 7.28. The van der Waals surface area contributed by atoms with Crippen molar-refractivity contribution in [2.24, 2.45) is 4.99 Å². The van der Waals surface area contributed by atoms with Gasteiger partial charge in [0.25, 0.3) is 0 Å². The van der Waals surface area contributed by atoms with E-state index in [0.29, 0.717) is 23.8 Å². The molecule has 0 aliphatic carbocycles. The normalized spacial score (nSPS) is 11.5. The number of benzene rings is 2. The van der Waals surface area contributed by atoms with E-state index in [1.807, 2.05) is 91.9 Å². The third-order valence-corrected chi connectivity index (χ3v) is 4.01. The molecule has 2 rings (SSSR count). The molecule has 152 valence electrons. The van der Waals surface area contributed by atoms with Crippen LogP contribution < -0.4 is 10.1 Å². The van der Waals surface area contributed by atoms with Crippen molar-refractivity contribution in [2.75, 3.05) is 5.32 Å². The van der Waals surface area contributed by atoms with Gasteiger partial charge in [0.2, 0.25) is 5.88 Å². The van der Waals surface area contributed by atoms with Crippen LogP contribution in [0, 0.1) is 5.41 Å². The van der Waals surface area contributed by atoms with Crippen LogP contribution in [0.15, 0.2) is 113 Å². The molecule has 4 nitrogen and oxygen atoms in total. The summed E-state index contributed by atoms with van der Waals surface area (Å²) in [5.41, 5.74) is 5.82. The Bertz CT molecular complexity index is 1010. The molecule has 2 aromatic rings. The maximum Gasteiger partial charge on any atom is 0.203 e. The van der Waals surface area contributed by atoms with E-state index in [-0.39, 0.29) is 0 Å². The molecule has 0 radical (unpaired) electrons. The monoisotopic (exact) mass is 397 g/mol. The lowest BCUT2D eigenvalue weighted by atomic mass is 10.1. The minimum Gasteiger partial charge on any atom is -0.441 e. The molecule has 0 atom stereocenters. The number of para-hydroxylation sites is 1. The zero-order valence-electron chi connectivity index (χ0n) is 17.4. The van der Waals surface area contributed by atoms with Gasteiger partial charge < -0.3 is 15.5 Å². The highest BCUT2D eigenvalue weighted by atomic mass is 16.5. The average molecular weight is 398 g/mol. The second kappa shape index (κ2) is 12.6. The number of nitrogens with one attached hydrogen (secondary N) is 2. The summed E-state index contributed by atoms with van der Waals surface area (Å²) < 4.78 is 6.16. The van der Waals surface area contributed by atoms with Gasteiger partial charge in [-0.15, -0.1) is 5.73 Å². The third kappa shape index (κ3) is 7.63. The van der Waals surface area contributed by atoms with Crippen LogP contribution in [-0.2, 0) is 0 Å². The van der Waals surface area contributed by atoms with Crippen molar-refractivity contribution in [3.05, 3.63) is 108 Å². The Morgan fingerprint density at radius 3 is 2.60 bits per heavy atom. The quantitative estimate of drug-likeness (QED) is 0.196. The number of nitrogens with zero attached hydrogens (tertiary/aromatic N) is 1. The lowest BCUT2D eigenvalue weighted by Gasteiger charge is -2.17. The molecule has 4 heteroatoms. The van der Waals surface area contributed by atoms with Crippen LogP contribution in [0.5, 0.6) is 5.75 Å². The molecule has 0 aromatic heterocycles. The number of ether oxygens (including phenoxy) is 1. The molecule has 0 unspecified atom stereocenters. The fraction of sp³-hybridized carbons (Fsp3) is 0.115. The van der Waals surface area contributed by atoms with Crippen LogP contribution in [0.4, 0.5) is 11.4 Å². The van der Waals surface area contributed by atoms with E-state index in [0.717, 1.165) is 16.9 Å². The smallest absolute Gasteiger partial charge is 0.203 e. The number of hydrogen-bond acceptors (Lipinski definition) is 4. The van der Waals surface area contributed by atoms with Gasteiger partial charge in [-0.3, -0.25) is 4.99 Å². The van der Waals surface area contributed by atoms with Gasteiger partial charge in [0.1, 0.15) is 5.75 Å². The standard InChI is InChI=1S/C26H27N3O/c1-4-5-6-7-8-9-13-19-25(21(2)27)26(29-22-15-11-10-12-16-22)30-24-18-14-17-23(20-24)28-3/h4-6,8-18,20,27,29H,3,19H2,1-2H3/b5-4-,13-9+,26-25+,27-21?. The Morgan fingerprint density at radius 2 is 1.90 bits per heavy atom. The summed E-state index contributed by atoms with van der Waals surface area (Å²) in [6.07, 6.45) is 12.0. The minimum absolute atomic E-state index is 0.421. The highest BCUT2D eigenvalue weighted by molar-refractivity contribution is 5.96. The maximum atomic E-state index is 8.28. The Hall–Kier alpha value is -3.88. The lowest BCUT2D eigenvalue weighted by Crippen LogP contribution is -2.14. The van der Waals surface area contributed by atoms with Crippen molar-refractivity contribution in [2.45, 2.75) is 20.3 Å². The number of aliphatic imine (C=N–C) groups is 1. The maximum absolute atomic E-state index is 8.28. The molecule has 30 heavy (non-hydrogen) atoms. The van der Waals surface area contributed by atoms with E-state index in [4.69, 9.17) is 10.1 Å². The first kappa shape index (κ1) is 22.4. The zero-order valence-corrected chi connectivity index (χ0v) is 17.4. The molecule has 0 saturated heterocycles. The summed E-state index contributed by atoms with van der Waals surface area (Å²) in [4.78, 5) is 3.96. The SMILES string of the molecule is C=Nc1cccc(O/C(Nc2ccccc2)=C(\C/C=C/C=C=C/C=C\C)C(C)=N)c1. The Kier molecular flexibility index (Phi) is 9.38. The Labute approximate surface area is 178 Å². The van der Waals surface area contributed by atoms with Crippen molar-refractivity contribution in [1.29, 1.82) is 5.41 Å². The molecule has 2 aromatic carbocycles. The van der Waals surface area contributed by atoms with E-state index < -0.39 is 0 Å². The van der Waals surface area contributed by atoms with Crippen molar-refractivity contribution < 1.29 is 4.74 Å².